The number of hydrogen-bond acceptors (Lipinski definition) is 2. The second kappa shape index (κ2) is 6.25. The van der Waals surface area contributed by atoms with Crippen LogP contribution in [0.1, 0.15) is 25.8 Å². The van der Waals surface area contributed by atoms with Gasteiger partial charge in [-0.25, -0.2) is 0 Å². The van der Waals surface area contributed by atoms with Gasteiger partial charge in [0.05, 0.1) is 15.6 Å². The molecule has 0 aliphatic rings. The zero-order valence-electron chi connectivity index (χ0n) is 11.4. The molecular formula is C14H21Cl2NO. The fraction of sp³-hybridized carbons (Fsp3) is 0.571. The molecule has 0 bridgehead atoms. The Morgan fingerprint density at radius 3 is 2.33 bits per heavy atom. The average molecular weight is 290 g/mol. The minimum absolute atomic E-state index is 0.106. The summed E-state index contributed by atoms with van der Waals surface area (Å²) in [7, 11) is 4.00. The molecule has 2 unspecified atom stereocenters. The van der Waals surface area contributed by atoms with Crippen LogP contribution in [0, 0.1) is 5.92 Å². The fourth-order valence-corrected chi connectivity index (χ4v) is 2.60. The van der Waals surface area contributed by atoms with E-state index in [1.165, 1.54) is 0 Å². The standard InChI is InChI=1S/C14H21Cl2NO/c1-5-14(18,10(2)9-17(3)4)11-6-7-12(15)13(16)8-11/h6-8,10,18H,5,9H2,1-4H3. The van der Waals surface area contributed by atoms with E-state index in [-0.39, 0.29) is 5.92 Å². The molecule has 0 saturated carbocycles. The van der Waals surface area contributed by atoms with Gasteiger partial charge in [0.2, 0.25) is 0 Å². The molecule has 0 heterocycles. The molecule has 2 atom stereocenters. The molecule has 1 rings (SSSR count). The lowest BCUT2D eigenvalue weighted by Gasteiger charge is -2.35. The number of nitrogens with zero attached hydrogens (tertiary/aromatic N) is 1. The van der Waals surface area contributed by atoms with Gasteiger partial charge in [0.1, 0.15) is 0 Å². The third kappa shape index (κ3) is 3.39. The lowest BCUT2D eigenvalue weighted by molar-refractivity contribution is -0.0291. The van der Waals surface area contributed by atoms with Crippen molar-refractivity contribution in [1.29, 1.82) is 0 Å². The molecule has 0 aromatic heterocycles. The van der Waals surface area contributed by atoms with Crippen molar-refractivity contribution in [3.63, 3.8) is 0 Å². The Hall–Kier alpha value is -0.280. The van der Waals surface area contributed by atoms with Crippen LogP contribution >= 0.6 is 23.2 Å². The maximum atomic E-state index is 10.9. The molecule has 18 heavy (non-hydrogen) atoms. The summed E-state index contributed by atoms with van der Waals surface area (Å²) >= 11 is 11.9. The molecule has 1 aromatic carbocycles. The monoisotopic (exact) mass is 289 g/mol. The molecule has 0 saturated heterocycles. The predicted molar refractivity (Wildman–Crippen MR) is 78.4 cm³/mol. The van der Waals surface area contributed by atoms with Gasteiger partial charge in [0.15, 0.2) is 0 Å². The molecule has 2 nitrogen and oxygen atoms in total. The van der Waals surface area contributed by atoms with Gasteiger partial charge >= 0.3 is 0 Å². The lowest BCUT2D eigenvalue weighted by atomic mass is 9.80. The van der Waals surface area contributed by atoms with Crippen molar-refractivity contribution in [3.8, 4) is 0 Å². The topological polar surface area (TPSA) is 23.5 Å². The summed E-state index contributed by atoms with van der Waals surface area (Å²) in [5.74, 6) is 0.106. The second-order valence-electron chi connectivity index (χ2n) is 5.07. The molecule has 0 amide bonds. The van der Waals surface area contributed by atoms with Gasteiger partial charge in [-0.15, -0.1) is 0 Å². The second-order valence-corrected chi connectivity index (χ2v) is 5.88. The highest BCUT2D eigenvalue weighted by Crippen LogP contribution is 2.36. The molecule has 0 aliphatic heterocycles. The van der Waals surface area contributed by atoms with Crippen molar-refractivity contribution in [3.05, 3.63) is 33.8 Å². The lowest BCUT2D eigenvalue weighted by Crippen LogP contribution is -2.38. The van der Waals surface area contributed by atoms with E-state index in [0.29, 0.717) is 16.5 Å². The van der Waals surface area contributed by atoms with Crippen LogP contribution in [0.5, 0.6) is 0 Å². The Kier molecular flexibility index (Phi) is 5.47. The largest absolute Gasteiger partial charge is 0.385 e. The summed E-state index contributed by atoms with van der Waals surface area (Å²) in [6, 6.07) is 5.35. The van der Waals surface area contributed by atoms with E-state index in [9.17, 15) is 5.11 Å². The van der Waals surface area contributed by atoms with E-state index >= 15 is 0 Å². The van der Waals surface area contributed by atoms with Crippen LogP contribution < -0.4 is 0 Å². The minimum atomic E-state index is -0.876. The van der Waals surface area contributed by atoms with E-state index in [1.54, 1.807) is 12.1 Å². The zero-order chi connectivity index (χ0) is 13.9. The molecule has 0 aliphatic carbocycles. The Morgan fingerprint density at radius 2 is 1.89 bits per heavy atom. The third-order valence-electron chi connectivity index (χ3n) is 3.41. The zero-order valence-corrected chi connectivity index (χ0v) is 12.9. The van der Waals surface area contributed by atoms with Crippen LogP contribution in [0.3, 0.4) is 0 Å². The SMILES string of the molecule is CCC(O)(c1ccc(Cl)c(Cl)c1)C(C)CN(C)C. The molecule has 4 heteroatoms. The first kappa shape index (κ1) is 15.8. The highest BCUT2D eigenvalue weighted by molar-refractivity contribution is 6.42. The van der Waals surface area contributed by atoms with Crippen LogP contribution in [0.2, 0.25) is 10.0 Å². The quantitative estimate of drug-likeness (QED) is 0.892. The normalized spacial score (nSPS) is 16.7. The highest BCUT2D eigenvalue weighted by atomic mass is 35.5. The average Bonchev–Trinajstić information content (AvgIpc) is 2.30. The third-order valence-corrected chi connectivity index (χ3v) is 4.15. The molecule has 102 valence electrons. The molecule has 0 spiro atoms. The van der Waals surface area contributed by atoms with Crippen LogP contribution in [0.25, 0.3) is 0 Å². The summed E-state index contributed by atoms with van der Waals surface area (Å²) in [6.07, 6.45) is 0.639. The molecule has 0 radical (unpaired) electrons. The van der Waals surface area contributed by atoms with Crippen molar-refractivity contribution in [1.82, 2.24) is 4.90 Å². The van der Waals surface area contributed by atoms with Crippen LogP contribution in [-0.2, 0) is 5.60 Å². The maximum Gasteiger partial charge on any atom is 0.0932 e. The number of hydrogen-bond donors (Lipinski definition) is 1. The van der Waals surface area contributed by atoms with Gasteiger partial charge in [0, 0.05) is 12.5 Å². The van der Waals surface area contributed by atoms with Crippen molar-refractivity contribution < 1.29 is 5.11 Å². The van der Waals surface area contributed by atoms with E-state index in [0.717, 1.165) is 12.1 Å². The first-order chi connectivity index (χ1) is 8.31. The number of benzene rings is 1. The van der Waals surface area contributed by atoms with Crippen molar-refractivity contribution in [2.45, 2.75) is 25.9 Å². The first-order valence-corrected chi connectivity index (χ1v) is 6.89. The van der Waals surface area contributed by atoms with Gasteiger partial charge in [-0.1, -0.05) is 43.1 Å². The van der Waals surface area contributed by atoms with Gasteiger partial charge in [-0.3, -0.25) is 0 Å². The predicted octanol–water partition coefficient (Wildman–Crippen LogP) is 3.79. The van der Waals surface area contributed by atoms with Crippen LogP contribution in [-0.4, -0.2) is 30.6 Å². The fourth-order valence-electron chi connectivity index (χ4n) is 2.30. The highest BCUT2D eigenvalue weighted by Gasteiger charge is 2.34. The van der Waals surface area contributed by atoms with E-state index in [4.69, 9.17) is 23.2 Å². The first-order valence-electron chi connectivity index (χ1n) is 6.14. The van der Waals surface area contributed by atoms with E-state index in [1.807, 2.05) is 34.0 Å². The van der Waals surface area contributed by atoms with Crippen LogP contribution in [0.15, 0.2) is 18.2 Å². The van der Waals surface area contributed by atoms with Crippen LogP contribution in [0.4, 0.5) is 0 Å². The summed E-state index contributed by atoms with van der Waals surface area (Å²) in [4.78, 5) is 2.07. The Balaban J connectivity index is 3.09. The molecule has 1 N–H and O–H groups in total. The summed E-state index contributed by atoms with van der Waals surface area (Å²) in [6.45, 7) is 4.84. The van der Waals surface area contributed by atoms with Gasteiger partial charge in [-0.2, -0.15) is 0 Å². The van der Waals surface area contributed by atoms with Crippen molar-refractivity contribution >= 4 is 23.2 Å². The van der Waals surface area contributed by atoms with Crippen molar-refractivity contribution in [2.75, 3.05) is 20.6 Å². The van der Waals surface area contributed by atoms with Gasteiger partial charge in [0.25, 0.3) is 0 Å². The summed E-state index contributed by atoms with van der Waals surface area (Å²) in [5, 5.41) is 11.9. The summed E-state index contributed by atoms with van der Waals surface area (Å²) in [5.41, 5.74) is -0.0489. The molecule has 1 aromatic rings. The van der Waals surface area contributed by atoms with Crippen molar-refractivity contribution in [2.24, 2.45) is 5.92 Å². The number of aliphatic hydroxyl groups is 1. The van der Waals surface area contributed by atoms with Gasteiger partial charge in [-0.05, 0) is 38.2 Å². The smallest absolute Gasteiger partial charge is 0.0932 e. The van der Waals surface area contributed by atoms with E-state index in [2.05, 4.69) is 4.90 Å². The Labute approximate surface area is 120 Å². The Morgan fingerprint density at radius 1 is 1.28 bits per heavy atom. The molecular weight excluding hydrogens is 269 g/mol. The minimum Gasteiger partial charge on any atom is -0.385 e. The maximum absolute atomic E-state index is 10.9. The van der Waals surface area contributed by atoms with E-state index < -0.39 is 5.60 Å². The summed E-state index contributed by atoms with van der Waals surface area (Å²) < 4.78 is 0. The van der Waals surface area contributed by atoms with Gasteiger partial charge < -0.3 is 10.0 Å². The number of rotatable bonds is 5. The Bertz CT molecular complexity index is 409. The molecule has 0 fully saturated rings. The number of halogens is 2.